The summed E-state index contributed by atoms with van der Waals surface area (Å²) in [6.45, 7) is 0. The Morgan fingerprint density at radius 1 is 1.27 bits per heavy atom. The number of esters is 1. The molecule has 2 atom stereocenters. The zero-order chi connectivity index (χ0) is 11.3. The van der Waals surface area contributed by atoms with Gasteiger partial charge < -0.3 is 15.2 Å². The maximum atomic E-state index is 11.3. The van der Waals surface area contributed by atoms with Crippen molar-refractivity contribution in [3.63, 3.8) is 0 Å². The lowest BCUT2D eigenvalue weighted by Gasteiger charge is -2.20. The van der Waals surface area contributed by atoms with Crippen molar-refractivity contribution in [1.29, 1.82) is 0 Å². The van der Waals surface area contributed by atoms with E-state index in [9.17, 15) is 4.79 Å². The van der Waals surface area contributed by atoms with Gasteiger partial charge in [0.1, 0.15) is 0 Å². The van der Waals surface area contributed by atoms with E-state index in [-0.39, 0.29) is 0 Å². The summed E-state index contributed by atoms with van der Waals surface area (Å²) < 4.78 is 9.62. The first kappa shape index (κ1) is 11.7. The molecule has 4 nitrogen and oxygen atoms in total. The van der Waals surface area contributed by atoms with Crippen LogP contribution in [0.4, 0.5) is 0 Å². The average Bonchev–Trinajstić information content (AvgIpc) is 2.30. The van der Waals surface area contributed by atoms with Crippen molar-refractivity contribution in [3.05, 3.63) is 35.9 Å². The van der Waals surface area contributed by atoms with Crippen molar-refractivity contribution in [1.82, 2.24) is 0 Å². The molecule has 4 heteroatoms. The molecule has 0 aromatic heterocycles. The van der Waals surface area contributed by atoms with Crippen LogP contribution in [0.1, 0.15) is 11.6 Å². The number of hydrogen-bond acceptors (Lipinski definition) is 4. The second-order valence-corrected chi connectivity index (χ2v) is 3.12. The van der Waals surface area contributed by atoms with Crippen LogP contribution in [-0.4, -0.2) is 26.3 Å². The Hall–Kier alpha value is -1.39. The predicted octanol–water partition coefficient (Wildman–Crippen LogP) is 0.874. The summed E-state index contributed by atoms with van der Waals surface area (Å²) in [5.74, 6) is -0.464. The molecule has 0 aliphatic heterocycles. The van der Waals surface area contributed by atoms with Crippen molar-refractivity contribution in [3.8, 4) is 0 Å². The summed E-state index contributed by atoms with van der Waals surface area (Å²) in [5.41, 5.74) is 6.74. The van der Waals surface area contributed by atoms with E-state index in [1.807, 2.05) is 30.3 Å². The molecule has 0 saturated carbocycles. The Bertz CT molecular complexity index is 313. The van der Waals surface area contributed by atoms with Crippen molar-refractivity contribution in [2.45, 2.75) is 12.1 Å². The van der Waals surface area contributed by atoms with Crippen LogP contribution in [0.25, 0.3) is 0 Å². The normalized spacial score (nSPS) is 14.3. The predicted molar refractivity (Wildman–Crippen MR) is 56.2 cm³/mol. The molecular weight excluding hydrogens is 194 g/mol. The minimum atomic E-state index is -0.766. The minimum absolute atomic E-state index is 0.464. The first-order valence-electron chi connectivity index (χ1n) is 4.62. The molecule has 2 unspecified atom stereocenters. The fraction of sp³-hybridized carbons (Fsp3) is 0.364. The molecule has 82 valence electrons. The zero-order valence-corrected chi connectivity index (χ0v) is 8.84. The molecule has 0 heterocycles. The van der Waals surface area contributed by atoms with Crippen LogP contribution in [0.3, 0.4) is 0 Å². The topological polar surface area (TPSA) is 61.5 Å². The van der Waals surface area contributed by atoms with Gasteiger partial charge in [0, 0.05) is 7.11 Å². The van der Waals surface area contributed by atoms with Gasteiger partial charge in [0.2, 0.25) is 0 Å². The van der Waals surface area contributed by atoms with Crippen LogP contribution in [0.5, 0.6) is 0 Å². The summed E-state index contributed by atoms with van der Waals surface area (Å²) in [6, 6.07) is 8.79. The van der Waals surface area contributed by atoms with E-state index in [1.54, 1.807) is 0 Å². The van der Waals surface area contributed by atoms with Crippen molar-refractivity contribution >= 4 is 5.97 Å². The van der Waals surface area contributed by atoms with Gasteiger partial charge in [-0.1, -0.05) is 30.3 Å². The highest BCUT2D eigenvalue weighted by Gasteiger charge is 2.27. The smallest absolute Gasteiger partial charge is 0.336 e. The largest absolute Gasteiger partial charge is 0.467 e. The average molecular weight is 209 g/mol. The molecule has 0 aliphatic rings. The summed E-state index contributed by atoms with van der Waals surface area (Å²) >= 11 is 0. The first-order valence-corrected chi connectivity index (χ1v) is 4.62. The Balaban J connectivity index is 2.82. The molecule has 0 spiro atoms. The lowest BCUT2D eigenvalue weighted by atomic mass is 10.0. The molecule has 0 aliphatic carbocycles. The second kappa shape index (κ2) is 5.48. The maximum absolute atomic E-state index is 11.3. The summed E-state index contributed by atoms with van der Waals surface area (Å²) in [6.07, 6.45) is -0.766. The van der Waals surface area contributed by atoms with Gasteiger partial charge in [0.15, 0.2) is 6.10 Å². The zero-order valence-electron chi connectivity index (χ0n) is 8.84. The minimum Gasteiger partial charge on any atom is -0.467 e. The van der Waals surface area contributed by atoms with Gasteiger partial charge in [-0.25, -0.2) is 4.79 Å². The van der Waals surface area contributed by atoms with Crippen LogP contribution < -0.4 is 5.73 Å². The van der Waals surface area contributed by atoms with Gasteiger partial charge >= 0.3 is 5.97 Å². The Labute approximate surface area is 89.0 Å². The molecule has 1 rings (SSSR count). The molecule has 2 N–H and O–H groups in total. The summed E-state index contributed by atoms with van der Waals surface area (Å²) in [7, 11) is 2.75. The van der Waals surface area contributed by atoms with Gasteiger partial charge in [-0.05, 0) is 5.56 Å². The van der Waals surface area contributed by atoms with Crippen molar-refractivity contribution in [2.75, 3.05) is 14.2 Å². The van der Waals surface area contributed by atoms with Gasteiger partial charge in [-0.2, -0.15) is 0 Å². The highest BCUT2D eigenvalue weighted by molar-refractivity contribution is 5.75. The number of carbonyl (C=O) groups excluding carboxylic acids is 1. The lowest BCUT2D eigenvalue weighted by Crippen LogP contribution is -2.36. The highest BCUT2D eigenvalue weighted by atomic mass is 16.6. The van der Waals surface area contributed by atoms with Crippen LogP contribution >= 0.6 is 0 Å². The molecule has 15 heavy (non-hydrogen) atoms. The van der Waals surface area contributed by atoms with Crippen molar-refractivity contribution < 1.29 is 14.3 Å². The summed E-state index contributed by atoms with van der Waals surface area (Å²) in [4.78, 5) is 11.3. The van der Waals surface area contributed by atoms with E-state index < -0.39 is 18.1 Å². The maximum Gasteiger partial charge on any atom is 0.336 e. The molecule has 0 amide bonds. The number of hydrogen-bond donors (Lipinski definition) is 1. The third-order valence-electron chi connectivity index (χ3n) is 2.20. The van der Waals surface area contributed by atoms with Crippen LogP contribution in [0.15, 0.2) is 30.3 Å². The van der Waals surface area contributed by atoms with E-state index in [2.05, 4.69) is 4.74 Å². The monoisotopic (exact) mass is 209 g/mol. The lowest BCUT2D eigenvalue weighted by molar-refractivity contribution is -0.153. The first-order chi connectivity index (χ1) is 7.20. The molecule has 0 saturated heterocycles. The third-order valence-corrected chi connectivity index (χ3v) is 2.20. The third kappa shape index (κ3) is 2.78. The van der Waals surface area contributed by atoms with E-state index in [4.69, 9.17) is 10.5 Å². The van der Waals surface area contributed by atoms with E-state index in [1.165, 1.54) is 14.2 Å². The molecule has 0 fully saturated rings. The number of ether oxygens (including phenoxy) is 2. The quantitative estimate of drug-likeness (QED) is 0.747. The number of rotatable bonds is 4. The number of carbonyl (C=O) groups is 1. The number of benzene rings is 1. The summed E-state index contributed by atoms with van der Waals surface area (Å²) in [5, 5.41) is 0. The highest BCUT2D eigenvalue weighted by Crippen LogP contribution is 2.16. The van der Waals surface area contributed by atoms with Gasteiger partial charge in [0.05, 0.1) is 13.2 Å². The fourth-order valence-corrected chi connectivity index (χ4v) is 1.36. The van der Waals surface area contributed by atoms with E-state index in [0.29, 0.717) is 0 Å². The Morgan fingerprint density at radius 2 is 1.87 bits per heavy atom. The number of nitrogens with two attached hydrogens (primary N) is 1. The van der Waals surface area contributed by atoms with E-state index in [0.717, 1.165) is 5.56 Å². The van der Waals surface area contributed by atoms with Crippen LogP contribution in [0.2, 0.25) is 0 Å². The van der Waals surface area contributed by atoms with Crippen LogP contribution in [-0.2, 0) is 14.3 Å². The van der Waals surface area contributed by atoms with Gasteiger partial charge in [0.25, 0.3) is 0 Å². The molecule has 1 aromatic rings. The fourth-order valence-electron chi connectivity index (χ4n) is 1.36. The molecular formula is C11H15NO3. The van der Waals surface area contributed by atoms with Gasteiger partial charge in [-0.15, -0.1) is 0 Å². The van der Waals surface area contributed by atoms with Gasteiger partial charge in [-0.3, -0.25) is 0 Å². The molecule has 0 bridgehead atoms. The van der Waals surface area contributed by atoms with E-state index >= 15 is 0 Å². The number of methoxy groups -OCH3 is 2. The van der Waals surface area contributed by atoms with Crippen molar-refractivity contribution in [2.24, 2.45) is 5.73 Å². The Morgan fingerprint density at radius 3 is 2.33 bits per heavy atom. The second-order valence-electron chi connectivity index (χ2n) is 3.12. The molecule has 0 radical (unpaired) electrons. The standard InChI is InChI=1S/C11H15NO3/c1-14-10(11(13)15-2)9(12)8-6-4-3-5-7-8/h3-7,9-10H,12H2,1-2H3. The SMILES string of the molecule is COC(=O)C(OC)C(N)c1ccccc1. The Kier molecular flexibility index (Phi) is 4.27. The van der Waals surface area contributed by atoms with Crippen LogP contribution in [0, 0.1) is 0 Å². The molecule has 1 aromatic carbocycles.